The summed E-state index contributed by atoms with van der Waals surface area (Å²) < 4.78 is 0. The molecule has 1 saturated carbocycles. The molecule has 0 spiro atoms. The van der Waals surface area contributed by atoms with Gasteiger partial charge in [-0.05, 0) is 43.4 Å². The summed E-state index contributed by atoms with van der Waals surface area (Å²) in [6.07, 6.45) is 10.5. The average molecular weight is 332 g/mol. The van der Waals surface area contributed by atoms with Gasteiger partial charge in [-0.3, -0.25) is 9.88 Å². The molecule has 2 fully saturated rings. The van der Waals surface area contributed by atoms with Gasteiger partial charge in [0.1, 0.15) is 0 Å². The minimum absolute atomic E-state index is 0.178. The summed E-state index contributed by atoms with van der Waals surface area (Å²) in [7, 11) is 0. The number of hydrogen-bond donors (Lipinski definition) is 2. The monoisotopic (exact) mass is 332 g/mol. The zero-order valence-corrected chi connectivity index (χ0v) is 14.2. The fraction of sp³-hybridized carbons (Fsp3) is 0.684. The molecule has 24 heavy (non-hydrogen) atoms. The highest BCUT2D eigenvalue weighted by molar-refractivity contribution is 5.87. The predicted octanol–water partition coefficient (Wildman–Crippen LogP) is 2.93. The Bertz CT molecular complexity index is 557. The van der Waals surface area contributed by atoms with Crippen LogP contribution in [0.3, 0.4) is 0 Å². The lowest BCUT2D eigenvalue weighted by Gasteiger charge is -2.44. The highest BCUT2D eigenvalue weighted by atomic mass is 16.4. The van der Waals surface area contributed by atoms with Crippen molar-refractivity contribution in [2.45, 2.75) is 57.5 Å². The minimum atomic E-state index is -0.920. The molecule has 132 valence electrons. The van der Waals surface area contributed by atoms with Crippen molar-refractivity contribution in [1.29, 1.82) is 0 Å². The molecule has 2 unspecified atom stereocenters. The predicted molar refractivity (Wildman–Crippen MR) is 91.8 cm³/mol. The number of aromatic nitrogens is 1. The van der Waals surface area contributed by atoms with Crippen LogP contribution in [0.4, 0.5) is 0 Å². The molecule has 1 aromatic heterocycles. The third-order valence-corrected chi connectivity index (χ3v) is 5.82. The summed E-state index contributed by atoms with van der Waals surface area (Å²) in [5.41, 5.74) is 1.05. The third kappa shape index (κ3) is 3.95. The van der Waals surface area contributed by atoms with Crippen molar-refractivity contribution < 1.29 is 15.0 Å². The Kier molecular flexibility index (Phi) is 5.85. The molecular formula is C19H28N2O3. The van der Waals surface area contributed by atoms with Gasteiger partial charge in [0.05, 0.1) is 17.9 Å². The standard InChI is InChI=1S/C19H28N2O3/c22-13-18-17(14-5-2-1-3-6-14)7-4-10-21(18)12-16-11-15(19(23)24)8-9-20-16/h8-9,11,14,17-18,22H,1-7,10,12-13H2,(H,23,24). The van der Waals surface area contributed by atoms with Gasteiger partial charge in [-0.15, -0.1) is 0 Å². The van der Waals surface area contributed by atoms with Crippen LogP contribution in [0.2, 0.25) is 0 Å². The number of nitrogens with zero attached hydrogens (tertiary/aromatic N) is 2. The number of carbonyl (C=O) groups is 1. The zero-order valence-electron chi connectivity index (χ0n) is 14.2. The van der Waals surface area contributed by atoms with E-state index < -0.39 is 5.97 Å². The van der Waals surface area contributed by atoms with Crippen LogP contribution < -0.4 is 0 Å². The Morgan fingerprint density at radius 1 is 1.21 bits per heavy atom. The molecule has 2 N–H and O–H groups in total. The largest absolute Gasteiger partial charge is 0.478 e. The van der Waals surface area contributed by atoms with E-state index >= 15 is 0 Å². The Hall–Kier alpha value is -1.46. The number of aliphatic hydroxyl groups excluding tert-OH is 1. The molecule has 0 bridgehead atoms. The van der Waals surface area contributed by atoms with Gasteiger partial charge in [-0.1, -0.05) is 32.1 Å². The summed E-state index contributed by atoms with van der Waals surface area (Å²) in [4.78, 5) is 17.8. The highest BCUT2D eigenvalue weighted by Gasteiger charge is 2.36. The first-order chi connectivity index (χ1) is 11.7. The van der Waals surface area contributed by atoms with E-state index in [1.165, 1.54) is 44.6 Å². The topological polar surface area (TPSA) is 73.7 Å². The molecular weight excluding hydrogens is 304 g/mol. The van der Waals surface area contributed by atoms with Gasteiger partial charge in [-0.25, -0.2) is 4.79 Å². The fourth-order valence-electron chi connectivity index (χ4n) is 4.62. The number of aromatic carboxylic acids is 1. The van der Waals surface area contributed by atoms with Gasteiger partial charge in [0.2, 0.25) is 0 Å². The molecule has 0 radical (unpaired) electrons. The van der Waals surface area contributed by atoms with Crippen molar-refractivity contribution >= 4 is 5.97 Å². The molecule has 2 heterocycles. The lowest BCUT2D eigenvalue weighted by molar-refractivity contribution is 0.00690. The van der Waals surface area contributed by atoms with E-state index in [9.17, 15) is 9.90 Å². The molecule has 5 heteroatoms. The van der Waals surface area contributed by atoms with Crippen LogP contribution >= 0.6 is 0 Å². The molecule has 2 atom stereocenters. The Balaban J connectivity index is 1.71. The number of hydrogen-bond acceptors (Lipinski definition) is 4. The first-order valence-electron chi connectivity index (χ1n) is 9.22. The molecule has 1 aromatic rings. The van der Waals surface area contributed by atoms with Crippen LogP contribution in [0.1, 0.15) is 61.0 Å². The number of rotatable bonds is 5. The maximum Gasteiger partial charge on any atom is 0.335 e. The number of likely N-dealkylation sites (tertiary alicyclic amines) is 1. The molecule has 1 aliphatic heterocycles. The van der Waals surface area contributed by atoms with Gasteiger partial charge in [0, 0.05) is 18.8 Å². The van der Waals surface area contributed by atoms with Gasteiger partial charge in [0.25, 0.3) is 0 Å². The molecule has 1 aliphatic carbocycles. The van der Waals surface area contributed by atoms with Crippen molar-refractivity contribution in [3.8, 4) is 0 Å². The Labute approximate surface area is 143 Å². The summed E-state index contributed by atoms with van der Waals surface area (Å²) >= 11 is 0. The van der Waals surface area contributed by atoms with Crippen LogP contribution in [0.25, 0.3) is 0 Å². The minimum Gasteiger partial charge on any atom is -0.478 e. The van der Waals surface area contributed by atoms with Gasteiger partial charge in [0.15, 0.2) is 0 Å². The lowest BCUT2D eigenvalue weighted by Crippen LogP contribution is -2.49. The average Bonchev–Trinajstić information content (AvgIpc) is 2.62. The molecule has 1 saturated heterocycles. The number of carboxylic acid groups (broad SMARTS) is 1. The van der Waals surface area contributed by atoms with Crippen molar-refractivity contribution in [1.82, 2.24) is 9.88 Å². The summed E-state index contributed by atoms with van der Waals surface area (Å²) in [6.45, 7) is 1.75. The highest BCUT2D eigenvalue weighted by Crippen LogP contribution is 2.38. The second-order valence-corrected chi connectivity index (χ2v) is 7.27. The van der Waals surface area contributed by atoms with E-state index in [2.05, 4.69) is 9.88 Å². The maximum atomic E-state index is 11.1. The number of carboxylic acids is 1. The van der Waals surface area contributed by atoms with E-state index in [1.807, 2.05) is 0 Å². The summed E-state index contributed by atoms with van der Waals surface area (Å²) in [5.74, 6) is 0.375. The van der Waals surface area contributed by atoms with E-state index in [4.69, 9.17) is 5.11 Å². The van der Waals surface area contributed by atoms with Gasteiger partial charge >= 0.3 is 5.97 Å². The van der Waals surface area contributed by atoms with Gasteiger partial charge < -0.3 is 10.2 Å². The second-order valence-electron chi connectivity index (χ2n) is 7.27. The Morgan fingerprint density at radius 2 is 2.00 bits per heavy atom. The summed E-state index contributed by atoms with van der Waals surface area (Å²) in [6, 6.07) is 3.36. The SMILES string of the molecule is O=C(O)c1ccnc(CN2CCCC(C3CCCCC3)C2CO)c1. The van der Waals surface area contributed by atoms with Crippen LogP contribution in [-0.4, -0.2) is 45.3 Å². The number of aliphatic hydroxyl groups is 1. The Morgan fingerprint density at radius 3 is 2.71 bits per heavy atom. The van der Waals surface area contributed by atoms with Crippen molar-refractivity contribution in [2.24, 2.45) is 11.8 Å². The normalized spacial score (nSPS) is 26.4. The third-order valence-electron chi connectivity index (χ3n) is 5.82. The van der Waals surface area contributed by atoms with E-state index in [-0.39, 0.29) is 18.2 Å². The summed E-state index contributed by atoms with van der Waals surface area (Å²) in [5, 5.41) is 19.2. The molecule has 2 aliphatic rings. The van der Waals surface area contributed by atoms with Crippen LogP contribution in [0, 0.1) is 11.8 Å². The number of piperidine rings is 1. The zero-order chi connectivity index (χ0) is 16.9. The van der Waals surface area contributed by atoms with Crippen molar-refractivity contribution in [3.63, 3.8) is 0 Å². The van der Waals surface area contributed by atoms with Crippen LogP contribution in [-0.2, 0) is 6.54 Å². The van der Waals surface area contributed by atoms with Crippen LogP contribution in [0.15, 0.2) is 18.3 Å². The smallest absolute Gasteiger partial charge is 0.335 e. The lowest BCUT2D eigenvalue weighted by atomic mass is 9.73. The van der Waals surface area contributed by atoms with E-state index in [1.54, 1.807) is 12.3 Å². The molecule has 3 rings (SSSR count). The number of pyridine rings is 1. The first kappa shape index (κ1) is 17.4. The van der Waals surface area contributed by atoms with Crippen LogP contribution in [0.5, 0.6) is 0 Å². The maximum absolute atomic E-state index is 11.1. The second kappa shape index (κ2) is 8.08. The van der Waals surface area contributed by atoms with E-state index in [0.29, 0.717) is 12.5 Å². The molecule has 0 aromatic carbocycles. The quantitative estimate of drug-likeness (QED) is 0.867. The van der Waals surface area contributed by atoms with Crippen molar-refractivity contribution in [2.75, 3.05) is 13.2 Å². The fourth-order valence-corrected chi connectivity index (χ4v) is 4.62. The van der Waals surface area contributed by atoms with Crippen molar-refractivity contribution in [3.05, 3.63) is 29.6 Å². The van der Waals surface area contributed by atoms with E-state index in [0.717, 1.165) is 24.6 Å². The van der Waals surface area contributed by atoms with Gasteiger partial charge in [-0.2, -0.15) is 0 Å². The molecule has 5 nitrogen and oxygen atoms in total. The molecule has 0 amide bonds. The first-order valence-corrected chi connectivity index (χ1v) is 9.22.